The van der Waals surface area contributed by atoms with Gasteiger partial charge < -0.3 is 5.32 Å². The Labute approximate surface area is 119 Å². The molecular weight excluding hydrogens is 230 g/mol. The lowest BCUT2D eigenvalue weighted by Crippen LogP contribution is -2.25. The van der Waals surface area contributed by atoms with Gasteiger partial charge in [0.05, 0.1) is 0 Å². The Morgan fingerprint density at radius 1 is 1.11 bits per heavy atom. The summed E-state index contributed by atoms with van der Waals surface area (Å²) in [7, 11) is 0. The van der Waals surface area contributed by atoms with Crippen molar-refractivity contribution in [3.63, 3.8) is 0 Å². The van der Waals surface area contributed by atoms with E-state index in [9.17, 15) is 0 Å². The van der Waals surface area contributed by atoms with Crippen LogP contribution in [-0.2, 0) is 6.42 Å². The second kappa shape index (κ2) is 7.69. The van der Waals surface area contributed by atoms with Gasteiger partial charge in [-0.1, -0.05) is 57.5 Å². The molecule has 1 rings (SSSR count). The van der Waals surface area contributed by atoms with Gasteiger partial charge in [0.1, 0.15) is 0 Å². The van der Waals surface area contributed by atoms with Crippen molar-refractivity contribution >= 4 is 0 Å². The first-order valence-corrected chi connectivity index (χ1v) is 7.67. The number of hydrogen-bond acceptors (Lipinski definition) is 1. The minimum absolute atomic E-state index is 0.442. The molecule has 108 valence electrons. The van der Waals surface area contributed by atoms with E-state index in [2.05, 4.69) is 64.2 Å². The van der Waals surface area contributed by atoms with Crippen molar-refractivity contribution < 1.29 is 0 Å². The quantitative estimate of drug-likeness (QED) is 0.757. The van der Waals surface area contributed by atoms with Crippen LogP contribution in [0.2, 0.25) is 0 Å². The highest BCUT2D eigenvalue weighted by Crippen LogP contribution is 2.25. The van der Waals surface area contributed by atoms with E-state index in [-0.39, 0.29) is 0 Å². The number of hydrogen-bond donors (Lipinski definition) is 1. The van der Waals surface area contributed by atoms with Crippen LogP contribution in [0.5, 0.6) is 0 Å². The van der Waals surface area contributed by atoms with Gasteiger partial charge in [-0.05, 0) is 56.2 Å². The average molecular weight is 261 g/mol. The lowest BCUT2D eigenvalue weighted by Gasteiger charge is -2.23. The molecule has 0 aromatic heterocycles. The largest absolute Gasteiger partial charge is 0.317 e. The van der Waals surface area contributed by atoms with Crippen LogP contribution in [0.25, 0.3) is 0 Å². The summed E-state index contributed by atoms with van der Waals surface area (Å²) >= 11 is 0. The number of aryl methyl sites for hydroxylation is 1. The van der Waals surface area contributed by atoms with Crippen molar-refractivity contribution in [2.24, 2.45) is 11.3 Å². The molecule has 0 aliphatic carbocycles. The molecule has 0 aliphatic rings. The first-order chi connectivity index (χ1) is 8.90. The standard InChI is InChI=1S/C18H31N/c1-6-19-14-17(11-12-18(3,4)5)13-16-9-7-15(2)8-10-16/h7-10,17,19H,6,11-14H2,1-5H3. The second-order valence-electron chi connectivity index (χ2n) is 6.96. The molecule has 0 fully saturated rings. The van der Waals surface area contributed by atoms with Crippen molar-refractivity contribution in [3.05, 3.63) is 35.4 Å². The molecule has 0 saturated heterocycles. The molecule has 0 bridgehead atoms. The van der Waals surface area contributed by atoms with E-state index in [0.29, 0.717) is 5.41 Å². The molecule has 1 atom stereocenters. The Kier molecular flexibility index (Phi) is 6.57. The molecule has 1 nitrogen and oxygen atoms in total. The lowest BCUT2D eigenvalue weighted by molar-refractivity contribution is 0.315. The van der Waals surface area contributed by atoms with Crippen molar-refractivity contribution in [1.29, 1.82) is 0 Å². The fourth-order valence-electron chi connectivity index (χ4n) is 2.32. The molecule has 1 N–H and O–H groups in total. The Hall–Kier alpha value is -0.820. The van der Waals surface area contributed by atoms with Crippen molar-refractivity contribution in [1.82, 2.24) is 5.32 Å². The summed E-state index contributed by atoms with van der Waals surface area (Å²) in [6.07, 6.45) is 3.81. The van der Waals surface area contributed by atoms with Crippen LogP contribution in [-0.4, -0.2) is 13.1 Å². The third-order valence-corrected chi connectivity index (χ3v) is 3.63. The summed E-state index contributed by atoms with van der Waals surface area (Å²) in [5.74, 6) is 0.752. The van der Waals surface area contributed by atoms with Crippen LogP contribution in [0.3, 0.4) is 0 Å². The topological polar surface area (TPSA) is 12.0 Å². The van der Waals surface area contributed by atoms with Gasteiger partial charge in [0.15, 0.2) is 0 Å². The summed E-state index contributed by atoms with van der Waals surface area (Å²) in [5, 5.41) is 3.52. The van der Waals surface area contributed by atoms with Gasteiger partial charge >= 0.3 is 0 Å². The summed E-state index contributed by atoms with van der Waals surface area (Å²) in [6, 6.07) is 9.02. The Morgan fingerprint density at radius 3 is 2.26 bits per heavy atom. The highest BCUT2D eigenvalue weighted by Gasteiger charge is 2.15. The fraction of sp³-hybridized carbons (Fsp3) is 0.667. The molecule has 1 heteroatoms. The third-order valence-electron chi connectivity index (χ3n) is 3.63. The summed E-state index contributed by atoms with van der Waals surface area (Å²) < 4.78 is 0. The van der Waals surface area contributed by atoms with Crippen LogP contribution in [0.4, 0.5) is 0 Å². The number of benzene rings is 1. The maximum atomic E-state index is 3.52. The molecule has 0 saturated carbocycles. The van der Waals surface area contributed by atoms with Crippen LogP contribution >= 0.6 is 0 Å². The van der Waals surface area contributed by atoms with Crippen molar-refractivity contribution in [2.75, 3.05) is 13.1 Å². The minimum atomic E-state index is 0.442. The van der Waals surface area contributed by atoms with Crippen LogP contribution in [0, 0.1) is 18.3 Å². The van der Waals surface area contributed by atoms with Crippen LogP contribution in [0.1, 0.15) is 51.7 Å². The smallest absolute Gasteiger partial charge is 0.00174 e. The predicted molar refractivity (Wildman–Crippen MR) is 85.6 cm³/mol. The molecule has 1 unspecified atom stereocenters. The zero-order chi connectivity index (χ0) is 14.3. The Bertz CT molecular complexity index is 345. The SMILES string of the molecule is CCNCC(CCC(C)(C)C)Cc1ccc(C)cc1. The van der Waals surface area contributed by atoms with E-state index < -0.39 is 0 Å². The molecule has 1 aromatic rings. The number of rotatable bonds is 7. The molecule has 0 spiro atoms. The van der Waals surface area contributed by atoms with Crippen molar-refractivity contribution in [2.45, 2.75) is 53.9 Å². The van der Waals surface area contributed by atoms with Crippen LogP contribution < -0.4 is 5.32 Å². The van der Waals surface area contributed by atoms with Gasteiger partial charge in [0.25, 0.3) is 0 Å². The average Bonchev–Trinajstić information content (AvgIpc) is 2.34. The molecule has 0 heterocycles. The molecule has 0 amide bonds. The van der Waals surface area contributed by atoms with E-state index in [1.54, 1.807) is 0 Å². The van der Waals surface area contributed by atoms with E-state index in [1.807, 2.05) is 0 Å². The summed E-state index contributed by atoms with van der Waals surface area (Å²) in [4.78, 5) is 0. The first-order valence-electron chi connectivity index (χ1n) is 7.67. The normalized spacial score (nSPS) is 13.5. The highest BCUT2D eigenvalue weighted by molar-refractivity contribution is 5.21. The molecule has 19 heavy (non-hydrogen) atoms. The van der Waals surface area contributed by atoms with Gasteiger partial charge in [-0.25, -0.2) is 0 Å². The zero-order valence-electron chi connectivity index (χ0n) is 13.4. The first kappa shape index (κ1) is 16.2. The Balaban J connectivity index is 2.55. The number of nitrogens with one attached hydrogen (secondary N) is 1. The molecule has 1 aromatic carbocycles. The van der Waals surface area contributed by atoms with E-state index in [1.165, 1.54) is 30.4 Å². The second-order valence-corrected chi connectivity index (χ2v) is 6.96. The third kappa shape index (κ3) is 7.37. The summed E-state index contributed by atoms with van der Waals surface area (Å²) in [6.45, 7) is 13.6. The van der Waals surface area contributed by atoms with Gasteiger partial charge in [0.2, 0.25) is 0 Å². The zero-order valence-corrected chi connectivity index (χ0v) is 13.4. The summed E-state index contributed by atoms with van der Waals surface area (Å²) in [5.41, 5.74) is 3.27. The predicted octanol–water partition coefficient (Wildman–Crippen LogP) is 4.59. The lowest BCUT2D eigenvalue weighted by atomic mass is 9.84. The van der Waals surface area contributed by atoms with Gasteiger partial charge in [-0.15, -0.1) is 0 Å². The fourth-order valence-corrected chi connectivity index (χ4v) is 2.32. The molecule has 0 aliphatic heterocycles. The van der Waals surface area contributed by atoms with Gasteiger partial charge in [0, 0.05) is 0 Å². The van der Waals surface area contributed by atoms with E-state index in [4.69, 9.17) is 0 Å². The highest BCUT2D eigenvalue weighted by atomic mass is 14.8. The van der Waals surface area contributed by atoms with E-state index in [0.717, 1.165) is 19.0 Å². The molecule has 0 radical (unpaired) electrons. The van der Waals surface area contributed by atoms with Gasteiger partial charge in [-0.2, -0.15) is 0 Å². The maximum absolute atomic E-state index is 3.52. The van der Waals surface area contributed by atoms with Crippen LogP contribution in [0.15, 0.2) is 24.3 Å². The van der Waals surface area contributed by atoms with E-state index >= 15 is 0 Å². The van der Waals surface area contributed by atoms with Gasteiger partial charge in [-0.3, -0.25) is 0 Å². The monoisotopic (exact) mass is 261 g/mol. The maximum Gasteiger partial charge on any atom is -0.00174 e. The van der Waals surface area contributed by atoms with Crippen molar-refractivity contribution in [3.8, 4) is 0 Å². The Morgan fingerprint density at radius 2 is 1.74 bits per heavy atom. The minimum Gasteiger partial charge on any atom is -0.317 e. The molecular formula is C18H31N.